The standard InChI is InChI=1S/C16H28N2O3/c19-16(12-21-14-6-2-1-3-7-14)17-9-15-10-18-8-4-5-13(18)11-20-15/h13-15H,1-12H2,(H,17,19)/t13-,15+/m1/s1. The van der Waals surface area contributed by atoms with Crippen LogP contribution in [-0.4, -0.2) is 61.9 Å². The van der Waals surface area contributed by atoms with Crippen molar-refractivity contribution >= 4 is 5.91 Å². The highest BCUT2D eigenvalue weighted by atomic mass is 16.5. The van der Waals surface area contributed by atoms with Gasteiger partial charge in [-0.1, -0.05) is 19.3 Å². The molecule has 1 amide bonds. The number of carbonyl (C=O) groups is 1. The Morgan fingerprint density at radius 1 is 1.19 bits per heavy atom. The van der Waals surface area contributed by atoms with E-state index in [1.807, 2.05) is 0 Å². The molecule has 3 aliphatic rings. The van der Waals surface area contributed by atoms with Crippen LogP contribution in [0.2, 0.25) is 0 Å². The largest absolute Gasteiger partial charge is 0.373 e. The zero-order valence-corrected chi connectivity index (χ0v) is 12.9. The highest BCUT2D eigenvalue weighted by Crippen LogP contribution is 2.22. The maximum Gasteiger partial charge on any atom is 0.246 e. The summed E-state index contributed by atoms with van der Waals surface area (Å²) in [7, 11) is 0. The summed E-state index contributed by atoms with van der Waals surface area (Å²) in [5.74, 6) is -0.00674. The van der Waals surface area contributed by atoms with Crippen LogP contribution in [0, 0.1) is 0 Å². The maximum atomic E-state index is 11.9. The molecule has 2 aliphatic heterocycles. The van der Waals surface area contributed by atoms with Crippen LogP contribution in [-0.2, 0) is 14.3 Å². The number of nitrogens with zero attached hydrogens (tertiary/aromatic N) is 1. The third kappa shape index (κ3) is 4.41. The van der Waals surface area contributed by atoms with Crippen LogP contribution in [0.4, 0.5) is 0 Å². The third-order valence-corrected chi connectivity index (χ3v) is 4.99. The fraction of sp³-hybridized carbons (Fsp3) is 0.938. The fourth-order valence-corrected chi connectivity index (χ4v) is 3.71. The minimum absolute atomic E-state index is 0.00674. The van der Waals surface area contributed by atoms with E-state index in [4.69, 9.17) is 9.47 Å². The van der Waals surface area contributed by atoms with Gasteiger partial charge in [-0.15, -0.1) is 0 Å². The molecule has 5 nitrogen and oxygen atoms in total. The molecule has 2 heterocycles. The Labute approximate surface area is 127 Å². The van der Waals surface area contributed by atoms with E-state index in [2.05, 4.69) is 10.2 Å². The zero-order valence-electron chi connectivity index (χ0n) is 12.9. The van der Waals surface area contributed by atoms with Crippen molar-refractivity contribution < 1.29 is 14.3 Å². The zero-order chi connectivity index (χ0) is 14.5. The molecule has 1 aliphatic carbocycles. The van der Waals surface area contributed by atoms with Gasteiger partial charge in [-0.3, -0.25) is 9.69 Å². The van der Waals surface area contributed by atoms with Gasteiger partial charge in [0.15, 0.2) is 0 Å². The van der Waals surface area contributed by atoms with E-state index in [9.17, 15) is 4.79 Å². The number of carbonyl (C=O) groups excluding carboxylic acids is 1. The topological polar surface area (TPSA) is 50.8 Å². The molecule has 21 heavy (non-hydrogen) atoms. The SMILES string of the molecule is O=C(COC1CCCCC1)NC[C@H]1CN2CCC[C@@H]2CO1. The molecule has 1 saturated carbocycles. The molecule has 0 bridgehead atoms. The molecule has 0 spiro atoms. The first-order valence-electron chi connectivity index (χ1n) is 8.55. The lowest BCUT2D eigenvalue weighted by molar-refractivity contribution is -0.129. The average Bonchev–Trinajstić information content (AvgIpc) is 2.99. The van der Waals surface area contributed by atoms with E-state index in [1.165, 1.54) is 38.6 Å². The Bertz CT molecular complexity index is 344. The Balaban J connectivity index is 1.30. The van der Waals surface area contributed by atoms with Crippen molar-refractivity contribution in [2.45, 2.75) is 63.2 Å². The van der Waals surface area contributed by atoms with Gasteiger partial charge >= 0.3 is 0 Å². The van der Waals surface area contributed by atoms with Crippen LogP contribution < -0.4 is 5.32 Å². The molecule has 5 heteroatoms. The van der Waals surface area contributed by atoms with Crippen molar-refractivity contribution in [3.8, 4) is 0 Å². The first kappa shape index (κ1) is 15.3. The molecule has 0 aromatic heterocycles. The number of fused-ring (bicyclic) bond motifs is 1. The Kier molecular flexibility index (Phi) is 5.49. The molecule has 0 unspecified atom stereocenters. The molecule has 0 aromatic rings. The first-order chi connectivity index (χ1) is 10.3. The molecule has 120 valence electrons. The molecular formula is C16H28N2O3. The molecule has 3 rings (SSSR count). The monoisotopic (exact) mass is 296 g/mol. The van der Waals surface area contributed by atoms with Crippen LogP contribution in [0.3, 0.4) is 0 Å². The number of rotatable bonds is 5. The van der Waals surface area contributed by atoms with Gasteiger partial charge < -0.3 is 14.8 Å². The van der Waals surface area contributed by atoms with Crippen molar-refractivity contribution in [3.63, 3.8) is 0 Å². The number of morpholine rings is 1. The van der Waals surface area contributed by atoms with Gasteiger partial charge in [0.2, 0.25) is 5.91 Å². The van der Waals surface area contributed by atoms with E-state index in [1.54, 1.807) is 0 Å². The lowest BCUT2D eigenvalue weighted by Crippen LogP contribution is -2.50. The van der Waals surface area contributed by atoms with Crippen molar-refractivity contribution in [2.75, 3.05) is 32.8 Å². The quantitative estimate of drug-likeness (QED) is 0.831. The predicted octanol–water partition coefficient (Wildman–Crippen LogP) is 1.32. The Morgan fingerprint density at radius 2 is 2.05 bits per heavy atom. The maximum absolute atomic E-state index is 11.9. The number of nitrogens with one attached hydrogen (secondary N) is 1. The predicted molar refractivity (Wildman–Crippen MR) is 80.2 cm³/mol. The number of amides is 1. The van der Waals surface area contributed by atoms with E-state index in [0.717, 1.165) is 26.0 Å². The average molecular weight is 296 g/mol. The van der Waals surface area contributed by atoms with Crippen molar-refractivity contribution in [1.29, 1.82) is 0 Å². The van der Waals surface area contributed by atoms with Crippen LogP contribution >= 0.6 is 0 Å². The number of hydrogen-bond acceptors (Lipinski definition) is 4. The van der Waals surface area contributed by atoms with Crippen LogP contribution in [0.1, 0.15) is 44.9 Å². The number of hydrogen-bond donors (Lipinski definition) is 1. The molecule has 0 aromatic carbocycles. The minimum Gasteiger partial charge on any atom is -0.373 e. The molecular weight excluding hydrogens is 268 g/mol. The van der Waals surface area contributed by atoms with Gasteiger partial charge in [0.1, 0.15) is 6.61 Å². The third-order valence-electron chi connectivity index (χ3n) is 4.99. The van der Waals surface area contributed by atoms with Crippen molar-refractivity contribution in [1.82, 2.24) is 10.2 Å². The van der Waals surface area contributed by atoms with Crippen molar-refractivity contribution in [2.24, 2.45) is 0 Å². The van der Waals surface area contributed by atoms with Crippen LogP contribution in [0.25, 0.3) is 0 Å². The second-order valence-corrected chi connectivity index (χ2v) is 6.62. The molecule has 0 radical (unpaired) electrons. The van der Waals surface area contributed by atoms with E-state index < -0.39 is 0 Å². The van der Waals surface area contributed by atoms with Crippen LogP contribution in [0.5, 0.6) is 0 Å². The smallest absolute Gasteiger partial charge is 0.246 e. The lowest BCUT2D eigenvalue weighted by atomic mass is 9.98. The summed E-state index contributed by atoms with van der Waals surface area (Å²) in [6, 6.07) is 0.617. The van der Waals surface area contributed by atoms with E-state index in [-0.39, 0.29) is 18.6 Å². The molecule has 2 atom stereocenters. The van der Waals surface area contributed by atoms with Gasteiger partial charge in [0, 0.05) is 19.1 Å². The van der Waals surface area contributed by atoms with E-state index in [0.29, 0.717) is 18.7 Å². The summed E-state index contributed by atoms with van der Waals surface area (Å²) >= 11 is 0. The van der Waals surface area contributed by atoms with Crippen LogP contribution in [0.15, 0.2) is 0 Å². The highest BCUT2D eigenvalue weighted by Gasteiger charge is 2.32. The Morgan fingerprint density at radius 3 is 2.90 bits per heavy atom. The summed E-state index contributed by atoms with van der Waals surface area (Å²) in [6.07, 6.45) is 8.96. The lowest BCUT2D eigenvalue weighted by Gasteiger charge is -2.35. The van der Waals surface area contributed by atoms with Gasteiger partial charge in [0.05, 0.1) is 18.8 Å². The normalized spacial score (nSPS) is 31.0. The van der Waals surface area contributed by atoms with Crippen molar-refractivity contribution in [3.05, 3.63) is 0 Å². The minimum atomic E-state index is -0.00674. The van der Waals surface area contributed by atoms with Gasteiger partial charge in [0.25, 0.3) is 0 Å². The Hall–Kier alpha value is -0.650. The van der Waals surface area contributed by atoms with Gasteiger partial charge in [-0.25, -0.2) is 0 Å². The fourth-order valence-electron chi connectivity index (χ4n) is 3.71. The highest BCUT2D eigenvalue weighted by molar-refractivity contribution is 5.77. The van der Waals surface area contributed by atoms with E-state index >= 15 is 0 Å². The van der Waals surface area contributed by atoms with Gasteiger partial charge in [-0.05, 0) is 32.2 Å². The molecule has 3 fully saturated rings. The summed E-state index contributed by atoms with van der Waals surface area (Å²) in [6.45, 7) is 3.76. The first-order valence-corrected chi connectivity index (χ1v) is 8.55. The van der Waals surface area contributed by atoms with Gasteiger partial charge in [-0.2, -0.15) is 0 Å². The number of ether oxygens (including phenoxy) is 2. The summed E-state index contributed by atoms with van der Waals surface area (Å²) in [5, 5.41) is 2.96. The summed E-state index contributed by atoms with van der Waals surface area (Å²) in [5.41, 5.74) is 0. The summed E-state index contributed by atoms with van der Waals surface area (Å²) in [4.78, 5) is 14.3. The molecule has 1 N–H and O–H groups in total. The molecule has 2 saturated heterocycles. The second kappa shape index (κ2) is 7.56. The second-order valence-electron chi connectivity index (χ2n) is 6.62. The summed E-state index contributed by atoms with van der Waals surface area (Å²) < 4.78 is 11.5.